The monoisotopic (exact) mass is 1040 g/mol. The average Bonchev–Trinajstić information content (AvgIpc) is 3.28. The number of phosphoric acid groups is 3. The van der Waals surface area contributed by atoms with E-state index in [-0.39, 0.29) is 12.8 Å². The molecule has 0 heterocycles. The Bertz CT molecular complexity index is 1670. The summed E-state index contributed by atoms with van der Waals surface area (Å²) in [6, 6.07) is 0. The number of aliphatic hydroxyl groups is 3. The van der Waals surface area contributed by atoms with Crippen LogP contribution >= 0.6 is 23.5 Å². The highest BCUT2D eigenvalue weighted by Crippen LogP contribution is 2.51. The van der Waals surface area contributed by atoms with Gasteiger partial charge in [0.25, 0.3) is 0 Å². The smallest absolute Gasteiger partial charge is 0.462 e. The highest BCUT2D eigenvalue weighted by atomic mass is 31.2. The lowest BCUT2D eigenvalue weighted by Crippen LogP contribution is -2.65. The molecule has 8 atom stereocenters. The lowest BCUT2D eigenvalue weighted by Gasteiger charge is -2.44. The van der Waals surface area contributed by atoms with Crippen LogP contribution in [0.2, 0.25) is 0 Å². The van der Waals surface area contributed by atoms with Gasteiger partial charge in [0.05, 0.1) is 6.61 Å². The second-order valence-electron chi connectivity index (χ2n) is 17.0. The molecule has 8 N–H and O–H groups in total. The maximum Gasteiger partial charge on any atom is 0.472 e. The van der Waals surface area contributed by atoms with Crippen LogP contribution in [0.1, 0.15) is 168 Å². The van der Waals surface area contributed by atoms with Gasteiger partial charge in [0.1, 0.15) is 43.2 Å². The maximum absolute atomic E-state index is 13.1. The van der Waals surface area contributed by atoms with Crippen molar-refractivity contribution in [3.05, 3.63) is 60.8 Å². The molecule has 400 valence electrons. The molecule has 0 amide bonds. The fourth-order valence-corrected chi connectivity index (χ4v) is 9.19. The summed E-state index contributed by atoms with van der Waals surface area (Å²) in [5, 5.41) is 31.9. The third-order valence-electron chi connectivity index (χ3n) is 10.8. The van der Waals surface area contributed by atoms with Crippen LogP contribution < -0.4 is 0 Å². The standard InChI is InChI=1S/C47H83O19P3/c1-3-5-7-9-11-13-15-17-19-20-22-23-25-27-29-31-33-35-40(48)61-37-39(63-41(49)36-34-32-30-28-26-24-21-18-16-14-12-10-8-6-4-2)38-62-69(59,60)66-45-42(50)43(51)46(64-67(53,54)55)47(44(45)52)65-68(56,57)58/h11-14,17-19,21-23,39,42-47,50-52H,3-10,15-16,20,24-38H2,1-2H3,(H,59,60)(H2,53,54,55)(H2,56,57,58)/t39-,42?,43?,44?,45+,46?,47+/m1/s1. The summed E-state index contributed by atoms with van der Waals surface area (Å²) in [6.07, 6.45) is 26.6. The minimum atomic E-state index is -5.61. The van der Waals surface area contributed by atoms with Gasteiger partial charge in [0.2, 0.25) is 0 Å². The van der Waals surface area contributed by atoms with Crippen molar-refractivity contribution < 1.29 is 90.6 Å². The predicted octanol–water partition coefficient (Wildman–Crippen LogP) is 9.18. The molecule has 1 saturated carbocycles. The first-order valence-electron chi connectivity index (χ1n) is 24.6. The molecule has 0 bridgehead atoms. The van der Waals surface area contributed by atoms with Gasteiger partial charge in [-0.1, -0.05) is 132 Å². The molecule has 1 aliphatic rings. The Morgan fingerprint density at radius 3 is 1.29 bits per heavy atom. The van der Waals surface area contributed by atoms with Crippen molar-refractivity contribution in [3.8, 4) is 0 Å². The van der Waals surface area contributed by atoms with Crippen LogP contribution in [-0.4, -0.2) is 108 Å². The van der Waals surface area contributed by atoms with Crippen LogP contribution in [0, 0.1) is 0 Å². The molecule has 19 nitrogen and oxygen atoms in total. The predicted molar refractivity (Wildman–Crippen MR) is 261 cm³/mol. The first-order chi connectivity index (χ1) is 32.8. The molecule has 1 rings (SSSR count). The third kappa shape index (κ3) is 34.8. The van der Waals surface area contributed by atoms with Crippen molar-refractivity contribution in [1.29, 1.82) is 0 Å². The number of hydrogen-bond acceptors (Lipinski definition) is 14. The molecule has 69 heavy (non-hydrogen) atoms. The molecule has 0 aliphatic heterocycles. The second-order valence-corrected chi connectivity index (χ2v) is 20.8. The van der Waals surface area contributed by atoms with Crippen LogP contribution in [0.3, 0.4) is 0 Å². The lowest BCUT2D eigenvalue weighted by molar-refractivity contribution is -0.213. The van der Waals surface area contributed by atoms with E-state index in [0.717, 1.165) is 89.9 Å². The highest BCUT2D eigenvalue weighted by molar-refractivity contribution is 7.47. The molecule has 0 radical (unpaired) electrons. The quantitative estimate of drug-likeness (QED) is 0.0122. The van der Waals surface area contributed by atoms with Gasteiger partial charge < -0.3 is 49.3 Å². The Morgan fingerprint density at radius 2 is 0.841 bits per heavy atom. The summed E-state index contributed by atoms with van der Waals surface area (Å²) in [5.74, 6) is -1.34. The summed E-state index contributed by atoms with van der Waals surface area (Å²) in [6.45, 7) is 2.86. The second kappa shape index (κ2) is 38.5. The fourth-order valence-electron chi connectivity index (χ4n) is 7.09. The first kappa shape index (κ1) is 64.9. The molecule has 0 aromatic heterocycles. The van der Waals surface area contributed by atoms with Crippen molar-refractivity contribution >= 4 is 35.4 Å². The van der Waals surface area contributed by atoms with Gasteiger partial charge in [0, 0.05) is 12.8 Å². The van der Waals surface area contributed by atoms with Gasteiger partial charge in [-0.2, -0.15) is 0 Å². The van der Waals surface area contributed by atoms with E-state index in [9.17, 15) is 63.1 Å². The highest BCUT2D eigenvalue weighted by Gasteiger charge is 2.56. The van der Waals surface area contributed by atoms with E-state index in [0.29, 0.717) is 12.8 Å². The SMILES string of the molecule is CCCCCC=CCC=CCC=CCCCCCCC(=O)OC[C@H](COP(=O)(O)O[C@H]1C(O)C(O)C(OP(=O)(O)O)[C@@H](OP(=O)(O)O)C1O)OC(=O)CCCCCCCC=CCC=CCCCCC. The largest absolute Gasteiger partial charge is 0.472 e. The number of rotatable bonds is 41. The molecule has 1 fully saturated rings. The number of carbonyl (C=O) groups is 2. The number of unbranched alkanes of at least 4 members (excludes halogenated alkanes) is 15. The van der Waals surface area contributed by atoms with Gasteiger partial charge >= 0.3 is 35.4 Å². The fraction of sp³-hybridized carbons (Fsp3) is 0.745. The summed E-state index contributed by atoms with van der Waals surface area (Å²) >= 11 is 0. The normalized spacial score (nSPS) is 21.8. The number of hydrogen-bond donors (Lipinski definition) is 8. The minimum absolute atomic E-state index is 0.0257. The zero-order valence-electron chi connectivity index (χ0n) is 40.6. The van der Waals surface area contributed by atoms with Crippen molar-refractivity contribution in [3.63, 3.8) is 0 Å². The number of aliphatic hydroxyl groups excluding tert-OH is 3. The Balaban J connectivity index is 2.74. The van der Waals surface area contributed by atoms with Gasteiger partial charge in [-0.25, -0.2) is 13.7 Å². The van der Waals surface area contributed by atoms with Crippen molar-refractivity contribution in [1.82, 2.24) is 0 Å². The van der Waals surface area contributed by atoms with Crippen molar-refractivity contribution in [2.24, 2.45) is 0 Å². The molecule has 5 unspecified atom stereocenters. The van der Waals surface area contributed by atoms with E-state index >= 15 is 0 Å². The van der Waals surface area contributed by atoms with E-state index in [4.69, 9.17) is 18.5 Å². The lowest BCUT2D eigenvalue weighted by atomic mass is 9.85. The summed E-state index contributed by atoms with van der Waals surface area (Å²) in [7, 11) is -16.6. The number of allylic oxidation sites excluding steroid dienone is 10. The molecule has 22 heteroatoms. The summed E-state index contributed by atoms with van der Waals surface area (Å²) in [5.41, 5.74) is 0. The summed E-state index contributed by atoms with van der Waals surface area (Å²) in [4.78, 5) is 73.3. The van der Waals surface area contributed by atoms with E-state index in [2.05, 4.69) is 83.7 Å². The summed E-state index contributed by atoms with van der Waals surface area (Å²) < 4.78 is 65.5. The molecule has 0 spiro atoms. The van der Waals surface area contributed by atoms with Gasteiger partial charge in [-0.3, -0.25) is 27.7 Å². The van der Waals surface area contributed by atoms with E-state index in [1.165, 1.54) is 38.5 Å². The zero-order chi connectivity index (χ0) is 51.4. The number of phosphoric ester groups is 3. The van der Waals surface area contributed by atoms with Crippen molar-refractivity contribution in [2.45, 2.75) is 211 Å². The molecular weight excluding hydrogens is 961 g/mol. The topological polar surface area (TPSA) is 303 Å². The molecule has 0 aromatic rings. The van der Waals surface area contributed by atoms with Crippen LogP contribution in [0.25, 0.3) is 0 Å². The number of esters is 2. The third-order valence-corrected chi connectivity index (χ3v) is 12.8. The molecule has 0 saturated heterocycles. The van der Waals surface area contributed by atoms with Crippen LogP contribution in [-0.2, 0) is 50.9 Å². The van der Waals surface area contributed by atoms with Gasteiger partial charge in [0.15, 0.2) is 6.10 Å². The molecular formula is C47H83O19P3. The average molecular weight is 1050 g/mol. The minimum Gasteiger partial charge on any atom is -0.462 e. The van der Waals surface area contributed by atoms with Crippen LogP contribution in [0.5, 0.6) is 0 Å². The van der Waals surface area contributed by atoms with Crippen LogP contribution in [0.4, 0.5) is 0 Å². The zero-order valence-corrected chi connectivity index (χ0v) is 43.3. The Hall–Kier alpha value is -2.15. The Labute approximate surface area is 409 Å². The number of ether oxygens (including phenoxy) is 2. The van der Waals surface area contributed by atoms with E-state index in [1.54, 1.807) is 0 Å². The van der Waals surface area contributed by atoms with Gasteiger partial charge in [-0.15, -0.1) is 0 Å². The van der Waals surface area contributed by atoms with E-state index in [1.807, 2.05) is 0 Å². The number of carbonyl (C=O) groups excluding carboxylic acids is 2. The Morgan fingerprint density at radius 1 is 0.464 bits per heavy atom. The van der Waals surface area contributed by atoms with Crippen molar-refractivity contribution in [2.75, 3.05) is 13.2 Å². The van der Waals surface area contributed by atoms with Gasteiger partial charge in [-0.05, 0) is 83.5 Å². The van der Waals surface area contributed by atoms with Crippen LogP contribution in [0.15, 0.2) is 60.8 Å². The molecule has 0 aromatic carbocycles. The maximum atomic E-state index is 13.1. The van der Waals surface area contributed by atoms with E-state index < -0.39 is 91.3 Å². The molecule has 1 aliphatic carbocycles. The Kier molecular flexibility index (Phi) is 36.2. The first-order valence-corrected chi connectivity index (χ1v) is 29.1.